The fraction of sp³-hybridized carbons (Fsp3) is 0.421. The number of nitrogens with one attached hydrogen (secondary N) is 1. The number of hydrogen-bond donors (Lipinski definition) is 1. The van der Waals surface area contributed by atoms with Crippen LogP contribution >= 0.6 is 11.6 Å². The zero-order valence-corrected chi connectivity index (χ0v) is 30.8. The van der Waals surface area contributed by atoms with Gasteiger partial charge in [0.2, 0.25) is 5.91 Å². The number of anilines is 2. The summed E-state index contributed by atoms with van der Waals surface area (Å²) in [6.45, 7) is 7.26. The molecule has 3 aromatic carbocycles. The molecule has 2 atom stereocenters. The van der Waals surface area contributed by atoms with Gasteiger partial charge in [-0.05, 0) is 55.3 Å². The monoisotopic (exact) mass is 724 g/mol. The van der Waals surface area contributed by atoms with E-state index >= 15 is 0 Å². The SMILES string of the molecule is CCOC(=O)CCc1ccc(OC)c(NC(=O)C[C@H]2O[C@H](c3cccc(OC)c3OC)c3cc(Cl)ccc3N(CC(C)(C)COC(C)=O)C2=O)c1. The summed E-state index contributed by atoms with van der Waals surface area (Å²) in [5.74, 6) is -0.543. The van der Waals surface area contributed by atoms with Crippen LogP contribution in [0.2, 0.25) is 5.02 Å². The highest BCUT2D eigenvalue weighted by Gasteiger charge is 2.41. The van der Waals surface area contributed by atoms with Gasteiger partial charge in [0.05, 0.1) is 46.7 Å². The molecule has 0 aromatic heterocycles. The van der Waals surface area contributed by atoms with Crippen molar-refractivity contribution in [2.45, 2.75) is 59.2 Å². The Morgan fingerprint density at radius 3 is 2.35 bits per heavy atom. The Bertz CT molecular complexity index is 1740. The molecule has 2 amide bonds. The summed E-state index contributed by atoms with van der Waals surface area (Å²) >= 11 is 6.55. The van der Waals surface area contributed by atoms with Crippen molar-refractivity contribution in [1.29, 1.82) is 0 Å². The number of methoxy groups -OCH3 is 3. The maximum atomic E-state index is 14.6. The molecule has 1 aliphatic rings. The first-order valence-electron chi connectivity index (χ1n) is 16.5. The second-order valence-electron chi connectivity index (χ2n) is 12.8. The number of ether oxygens (including phenoxy) is 6. The van der Waals surface area contributed by atoms with Gasteiger partial charge in [-0.25, -0.2) is 0 Å². The van der Waals surface area contributed by atoms with E-state index in [2.05, 4.69) is 5.32 Å². The van der Waals surface area contributed by atoms with Gasteiger partial charge < -0.3 is 38.6 Å². The first-order valence-corrected chi connectivity index (χ1v) is 16.9. The molecule has 12 nitrogen and oxygen atoms in total. The summed E-state index contributed by atoms with van der Waals surface area (Å²) in [4.78, 5) is 53.6. The van der Waals surface area contributed by atoms with E-state index < -0.39 is 35.4 Å². The van der Waals surface area contributed by atoms with Crippen LogP contribution in [-0.2, 0) is 39.8 Å². The minimum absolute atomic E-state index is 0.0421. The number of benzene rings is 3. The van der Waals surface area contributed by atoms with E-state index in [9.17, 15) is 19.2 Å². The molecule has 1 aliphatic heterocycles. The zero-order chi connectivity index (χ0) is 37.3. The van der Waals surface area contributed by atoms with E-state index in [0.717, 1.165) is 5.56 Å². The van der Waals surface area contributed by atoms with Gasteiger partial charge in [0.25, 0.3) is 5.91 Å². The first kappa shape index (κ1) is 39.0. The third-order valence-corrected chi connectivity index (χ3v) is 8.44. The molecular formula is C38H45ClN2O10. The number of hydrogen-bond acceptors (Lipinski definition) is 10. The summed E-state index contributed by atoms with van der Waals surface area (Å²) in [6, 6.07) is 15.7. The number of para-hydroxylation sites is 1. The first-order chi connectivity index (χ1) is 24.3. The summed E-state index contributed by atoms with van der Waals surface area (Å²) in [5, 5.41) is 3.27. The number of nitrogens with zero attached hydrogens (tertiary/aromatic N) is 1. The average Bonchev–Trinajstić information content (AvgIpc) is 3.19. The van der Waals surface area contributed by atoms with E-state index in [4.69, 9.17) is 40.0 Å². The molecule has 3 aromatic rings. The second kappa shape index (κ2) is 17.4. The molecule has 274 valence electrons. The maximum Gasteiger partial charge on any atom is 0.306 e. The maximum absolute atomic E-state index is 14.6. The van der Waals surface area contributed by atoms with Crippen LogP contribution in [-0.4, -0.2) is 70.9 Å². The minimum atomic E-state index is -1.29. The molecule has 0 unspecified atom stereocenters. The van der Waals surface area contributed by atoms with Crippen molar-refractivity contribution in [2.24, 2.45) is 5.41 Å². The van der Waals surface area contributed by atoms with Gasteiger partial charge in [-0.3, -0.25) is 19.2 Å². The number of esters is 2. The number of amides is 2. The van der Waals surface area contributed by atoms with Crippen molar-refractivity contribution in [3.05, 3.63) is 76.3 Å². The lowest BCUT2D eigenvalue weighted by Crippen LogP contribution is -2.46. The highest BCUT2D eigenvalue weighted by atomic mass is 35.5. The fourth-order valence-electron chi connectivity index (χ4n) is 5.86. The van der Waals surface area contributed by atoms with E-state index in [1.807, 2.05) is 13.8 Å². The Morgan fingerprint density at radius 1 is 0.941 bits per heavy atom. The molecule has 13 heteroatoms. The van der Waals surface area contributed by atoms with Gasteiger partial charge >= 0.3 is 11.9 Å². The molecule has 0 saturated heterocycles. The van der Waals surface area contributed by atoms with Crippen molar-refractivity contribution in [3.63, 3.8) is 0 Å². The van der Waals surface area contributed by atoms with Crippen LogP contribution in [0.15, 0.2) is 54.6 Å². The quantitative estimate of drug-likeness (QED) is 0.178. The highest BCUT2D eigenvalue weighted by molar-refractivity contribution is 6.30. The van der Waals surface area contributed by atoms with Crippen molar-refractivity contribution >= 4 is 46.7 Å². The fourth-order valence-corrected chi connectivity index (χ4v) is 6.04. The molecule has 1 N–H and O–H groups in total. The molecule has 0 saturated carbocycles. The topological polar surface area (TPSA) is 139 Å². The Kier molecular flexibility index (Phi) is 13.3. The number of fused-ring (bicyclic) bond motifs is 1. The van der Waals surface area contributed by atoms with Gasteiger partial charge in [-0.2, -0.15) is 0 Å². The Labute approximate surface area is 303 Å². The molecule has 0 spiro atoms. The Morgan fingerprint density at radius 2 is 1.69 bits per heavy atom. The van der Waals surface area contributed by atoms with Crippen LogP contribution < -0.4 is 24.4 Å². The van der Waals surface area contributed by atoms with E-state index in [0.29, 0.717) is 51.2 Å². The molecule has 0 radical (unpaired) electrons. The molecule has 1 heterocycles. The van der Waals surface area contributed by atoms with E-state index in [-0.39, 0.29) is 38.6 Å². The molecule has 4 rings (SSSR count). The van der Waals surface area contributed by atoms with Gasteiger partial charge in [-0.15, -0.1) is 0 Å². The summed E-state index contributed by atoms with van der Waals surface area (Å²) in [7, 11) is 4.50. The number of carbonyl (C=O) groups excluding carboxylic acids is 4. The predicted molar refractivity (Wildman–Crippen MR) is 192 cm³/mol. The summed E-state index contributed by atoms with van der Waals surface area (Å²) in [6.07, 6.45) is -2.03. The smallest absolute Gasteiger partial charge is 0.306 e. The second-order valence-corrected chi connectivity index (χ2v) is 13.2. The lowest BCUT2D eigenvalue weighted by molar-refractivity contribution is -0.144. The summed E-state index contributed by atoms with van der Waals surface area (Å²) in [5.41, 5.74) is 2.06. The van der Waals surface area contributed by atoms with Crippen molar-refractivity contribution in [2.75, 3.05) is 51.3 Å². The lowest BCUT2D eigenvalue weighted by atomic mass is 9.92. The number of halogens is 1. The predicted octanol–water partition coefficient (Wildman–Crippen LogP) is 6.30. The van der Waals surface area contributed by atoms with Crippen molar-refractivity contribution < 1.29 is 47.6 Å². The Balaban J connectivity index is 1.75. The third-order valence-electron chi connectivity index (χ3n) is 8.20. The Hall–Kier alpha value is -4.81. The lowest BCUT2D eigenvalue weighted by Gasteiger charge is -2.33. The van der Waals surface area contributed by atoms with Crippen LogP contribution in [0, 0.1) is 5.41 Å². The minimum Gasteiger partial charge on any atom is -0.495 e. The van der Waals surface area contributed by atoms with Gasteiger partial charge in [0, 0.05) is 47.1 Å². The van der Waals surface area contributed by atoms with Crippen LogP contribution in [0.5, 0.6) is 17.2 Å². The van der Waals surface area contributed by atoms with Crippen LogP contribution in [0.3, 0.4) is 0 Å². The molecule has 0 aliphatic carbocycles. The van der Waals surface area contributed by atoms with Crippen molar-refractivity contribution in [3.8, 4) is 17.2 Å². The van der Waals surface area contributed by atoms with Gasteiger partial charge in [0.15, 0.2) is 11.5 Å². The normalized spacial score (nSPS) is 15.7. The number of aryl methyl sites for hydroxylation is 1. The number of carbonyl (C=O) groups is 4. The van der Waals surface area contributed by atoms with Crippen LogP contribution in [0.4, 0.5) is 11.4 Å². The van der Waals surface area contributed by atoms with Crippen molar-refractivity contribution in [1.82, 2.24) is 0 Å². The molecular weight excluding hydrogens is 680 g/mol. The molecule has 51 heavy (non-hydrogen) atoms. The van der Waals surface area contributed by atoms with E-state index in [1.165, 1.54) is 28.3 Å². The third kappa shape index (κ3) is 9.92. The van der Waals surface area contributed by atoms with Gasteiger partial charge in [0.1, 0.15) is 18.0 Å². The summed E-state index contributed by atoms with van der Waals surface area (Å²) < 4.78 is 33.9. The standard InChI is InChI=1S/C38H45ClN2O10/c1-8-49-34(44)17-13-24-12-16-30(46-5)28(18-24)40-33(43)20-32-37(45)41(21-38(3,4)22-50-23(2)42)29-15-14-25(39)19-27(29)35(51-32)26-10-9-11-31(47-6)36(26)48-7/h9-12,14-16,18-19,32,35H,8,13,17,20-22H2,1-7H3,(H,40,43)/t32-,35-/m1/s1. The van der Waals surface area contributed by atoms with E-state index in [1.54, 1.807) is 66.4 Å². The largest absolute Gasteiger partial charge is 0.495 e. The van der Waals surface area contributed by atoms with Crippen LogP contribution in [0.25, 0.3) is 0 Å². The number of rotatable bonds is 15. The highest BCUT2D eigenvalue weighted by Crippen LogP contribution is 2.45. The molecule has 0 bridgehead atoms. The zero-order valence-electron chi connectivity index (χ0n) is 30.0. The van der Waals surface area contributed by atoms with Crippen LogP contribution in [0.1, 0.15) is 63.3 Å². The molecule has 0 fully saturated rings. The average molecular weight is 725 g/mol. The van der Waals surface area contributed by atoms with Gasteiger partial charge in [-0.1, -0.05) is 43.6 Å².